The van der Waals surface area contributed by atoms with E-state index >= 15 is 0 Å². The Morgan fingerprint density at radius 1 is 1.26 bits per heavy atom. The van der Waals surface area contributed by atoms with Crippen LogP contribution in [0.15, 0.2) is 35.1 Å². The molecule has 0 saturated carbocycles. The second-order valence-corrected chi connectivity index (χ2v) is 7.66. The number of imidazole rings is 1. The lowest BCUT2D eigenvalue weighted by molar-refractivity contribution is 0.496. The molecule has 2 N–H and O–H groups in total. The highest BCUT2D eigenvalue weighted by atomic mass is 16.1. The number of aryl methyl sites for hydroxylation is 1. The average molecular weight is 416 g/mol. The average Bonchev–Trinajstić information content (AvgIpc) is 3.16. The maximum Gasteiger partial charge on any atom is 0.343 e. The van der Waals surface area contributed by atoms with Crippen molar-refractivity contribution in [3.8, 4) is 11.8 Å². The fourth-order valence-electron chi connectivity index (χ4n) is 4.00. The Bertz CT molecular complexity index is 1240. The number of fused-ring (bicyclic) bond motifs is 1. The Labute approximate surface area is 181 Å². The van der Waals surface area contributed by atoms with E-state index in [4.69, 9.17) is 12.3 Å². The molecule has 3 aromatic rings. The van der Waals surface area contributed by atoms with E-state index in [2.05, 4.69) is 31.6 Å². The first-order chi connectivity index (χ1) is 15.1. The molecule has 0 spiro atoms. The minimum atomic E-state index is -0.259. The quantitative estimate of drug-likeness (QED) is 0.511. The van der Waals surface area contributed by atoms with Gasteiger partial charge in [-0.2, -0.15) is 4.98 Å². The van der Waals surface area contributed by atoms with Gasteiger partial charge in [-0.1, -0.05) is 36.3 Å². The van der Waals surface area contributed by atoms with E-state index in [1.54, 1.807) is 6.92 Å². The number of rotatable bonds is 5. The molecule has 4 rings (SSSR count). The summed E-state index contributed by atoms with van der Waals surface area (Å²) in [6.07, 6.45) is 2.57. The normalized spacial score (nSPS) is 16.0. The maximum absolute atomic E-state index is 13.5. The van der Waals surface area contributed by atoms with Crippen molar-refractivity contribution >= 4 is 23.1 Å². The minimum Gasteiger partial charge on any atom is -0.396 e. The molecule has 1 atom stereocenters. The first-order valence-corrected chi connectivity index (χ1v) is 10.4. The molecular weight excluding hydrogens is 390 g/mol. The standard InChI is InChI=1S/C23H25N7O/c1-3-4-14-29-19-20(27-23(29)28-13-8-11-18(24)16-28)26-22(25-2)30(21(19)31)15-12-17-9-6-5-7-10-17/h5-7,9-10,18H,8,11-16,24H2,1H3. The number of nitrogens with zero attached hydrogens (tertiary/aromatic N) is 6. The number of nitrogens with two attached hydrogens (primary N) is 1. The van der Waals surface area contributed by atoms with Crippen LogP contribution >= 0.6 is 0 Å². The predicted octanol–water partition coefficient (Wildman–Crippen LogP) is 2.34. The molecule has 0 aliphatic carbocycles. The molecule has 1 unspecified atom stereocenters. The van der Waals surface area contributed by atoms with Gasteiger partial charge in [0.25, 0.3) is 0 Å². The summed E-state index contributed by atoms with van der Waals surface area (Å²) in [5.41, 5.74) is 7.69. The molecule has 0 radical (unpaired) electrons. The number of hydrogen-bond donors (Lipinski definition) is 1. The number of anilines is 1. The van der Waals surface area contributed by atoms with Crippen LogP contribution < -0.4 is 16.2 Å². The molecule has 158 valence electrons. The molecular formula is C23H25N7O. The zero-order valence-corrected chi connectivity index (χ0v) is 17.6. The van der Waals surface area contributed by atoms with Crippen molar-refractivity contribution in [2.24, 2.45) is 5.73 Å². The second-order valence-electron chi connectivity index (χ2n) is 7.66. The van der Waals surface area contributed by atoms with Crippen LogP contribution in [0.1, 0.15) is 25.3 Å². The number of aromatic nitrogens is 4. The van der Waals surface area contributed by atoms with Gasteiger partial charge >= 0.3 is 11.5 Å². The molecule has 1 saturated heterocycles. The van der Waals surface area contributed by atoms with Crippen LogP contribution in [0.2, 0.25) is 0 Å². The summed E-state index contributed by atoms with van der Waals surface area (Å²) in [6.45, 7) is 11.5. The summed E-state index contributed by atoms with van der Waals surface area (Å²) in [7, 11) is 0. The molecule has 1 aliphatic rings. The molecule has 2 aromatic heterocycles. The Morgan fingerprint density at radius 2 is 2.06 bits per heavy atom. The molecule has 1 fully saturated rings. The summed E-state index contributed by atoms with van der Waals surface area (Å²) in [5, 5.41) is 0. The van der Waals surface area contributed by atoms with E-state index in [1.165, 1.54) is 4.57 Å². The van der Waals surface area contributed by atoms with Crippen LogP contribution in [0.5, 0.6) is 0 Å². The Kier molecular flexibility index (Phi) is 6.01. The smallest absolute Gasteiger partial charge is 0.343 e. The van der Waals surface area contributed by atoms with Crippen molar-refractivity contribution in [1.82, 2.24) is 19.1 Å². The van der Waals surface area contributed by atoms with E-state index in [1.807, 2.05) is 34.9 Å². The van der Waals surface area contributed by atoms with Crippen molar-refractivity contribution in [2.45, 2.75) is 45.3 Å². The van der Waals surface area contributed by atoms with Gasteiger partial charge in [-0.25, -0.2) is 4.79 Å². The number of piperidine rings is 1. The molecule has 1 aliphatic heterocycles. The molecule has 31 heavy (non-hydrogen) atoms. The molecule has 1 aromatic carbocycles. The van der Waals surface area contributed by atoms with Gasteiger partial charge in [0, 0.05) is 25.6 Å². The van der Waals surface area contributed by atoms with Crippen molar-refractivity contribution in [3.05, 3.63) is 57.7 Å². The van der Waals surface area contributed by atoms with Crippen LogP contribution in [0.25, 0.3) is 16.0 Å². The van der Waals surface area contributed by atoms with Crippen LogP contribution in [0, 0.1) is 18.4 Å². The predicted molar refractivity (Wildman–Crippen MR) is 121 cm³/mol. The van der Waals surface area contributed by atoms with E-state index in [0.717, 1.165) is 24.9 Å². The molecule has 8 nitrogen and oxygen atoms in total. The molecule has 0 bridgehead atoms. The number of benzene rings is 1. The van der Waals surface area contributed by atoms with E-state index in [-0.39, 0.29) is 17.5 Å². The molecule has 3 heterocycles. The third kappa shape index (κ3) is 4.16. The van der Waals surface area contributed by atoms with Gasteiger partial charge in [-0.15, -0.1) is 17.5 Å². The van der Waals surface area contributed by atoms with Crippen LogP contribution in [-0.4, -0.2) is 38.2 Å². The summed E-state index contributed by atoms with van der Waals surface area (Å²) >= 11 is 0. The lowest BCUT2D eigenvalue weighted by Gasteiger charge is -2.31. The fourth-order valence-corrected chi connectivity index (χ4v) is 4.00. The zero-order valence-electron chi connectivity index (χ0n) is 17.6. The third-order valence-corrected chi connectivity index (χ3v) is 5.55. The van der Waals surface area contributed by atoms with Gasteiger partial charge in [0.1, 0.15) is 0 Å². The van der Waals surface area contributed by atoms with E-state index in [9.17, 15) is 4.79 Å². The Morgan fingerprint density at radius 3 is 2.77 bits per heavy atom. The van der Waals surface area contributed by atoms with E-state index in [0.29, 0.717) is 43.2 Å². The fraction of sp³-hybridized carbons (Fsp3) is 0.391. The van der Waals surface area contributed by atoms with Crippen molar-refractivity contribution in [3.63, 3.8) is 0 Å². The zero-order chi connectivity index (χ0) is 21.8. The van der Waals surface area contributed by atoms with Crippen molar-refractivity contribution in [2.75, 3.05) is 18.0 Å². The summed E-state index contributed by atoms with van der Waals surface area (Å²) in [4.78, 5) is 28.2. The minimum absolute atomic E-state index is 0.0570. The Hall–Kier alpha value is -3.62. The first kappa shape index (κ1) is 20.6. The molecule has 8 heteroatoms. The highest BCUT2D eigenvalue weighted by molar-refractivity contribution is 5.76. The van der Waals surface area contributed by atoms with Gasteiger partial charge in [0.15, 0.2) is 5.52 Å². The van der Waals surface area contributed by atoms with Gasteiger partial charge in [0.05, 0.1) is 13.1 Å². The monoisotopic (exact) mass is 415 g/mol. The second kappa shape index (κ2) is 9.03. The highest BCUT2D eigenvalue weighted by Crippen LogP contribution is 2.24. The highest BCUT2D eigenvalue weighted by Gasteiger charge is 2.27. The van der Waals surface area contributed by atoms with Gasteiger partial charge in [-0.3, -0.25) is 9.13 Å². The topological polar surface area (TPSA) is 86.3 Å². The lowest BCUT2D eigenvalue weighted by Crippen LogP contribution is -2.44. The summed E-state index contributed by atoms with van der Waals surface area (Å²) < 4.78 is 3.28. The van der Waals surface area contributed by atoms with Crippen LogP contribution in [-0.2, 0) is 19.5 Å². The lowest BCUT2D eigenvalue weighted by atomic mass is 10.1. The summed E-state index contributed by atoms with van der Waals surface area (Å²) in [6, 6.07) is 9.95. The van der Waals surface area contributed by atoms with Crippen LogP contribution in [0.4, 0.5) is 11.9 Å². The third-order valence-electron chi connectivity index (χ3n) is 5.55. The van der Waals surface area contributed by atoms with Crippen molar-refractivity contribution in [1.29, 1.82) is 0 Å². The Balaban J connectivity index is 1.82. The first-order valence-electron chi connectivity index (χ1n) is 10.4. The maximum atomic E-state index is 13.5. The van der Waals surface area contributed by atoms with Crippen LogP contribution in [0.3, 0.4) is 0 Å². The van der Waals surface area contributed by atoms with E-state index < -0.39 is 0 Å². The van der Waals surface area contributed by atoms with Crippen molar-refractivity contribution < 1.29 is 0 Å². The molecule has 0 amide bonds. The van der Waals surface area contributed by atoms with Gasteiger partial charge < -0.3 is 15.5 Å². The SMILES string of the molecule is [C-]#[N+]c1nc2nc(N3CCCC(N)C3)n(CC#CC)c2c(=O)n1CCc1ccccc1. The summed E-state index contributed by atoms with van der Waals surface area (Å²) in [5.74, 6) is 6.64. The largest absolute Gasteiger partial charge is 0.396 e. The van der Waals surface area contributed by atoms with Gasteiger partial charge in [0.2, 0.25) is 11.6 Å². The van der Waals surface area contributed by atoms with Gasteiger partial charge in [-0.05, 0) is 25.3 Å². The number of hydrogen-bond acceptors (Lipinski definition) is 5.